The number of anilines is 2. The first-order chi connectivity index (χ1) is 9.88. The second-order valence-corrected chi connectivity index (χ2v) is 6.19. The van der Waals surface area contributed by atoms with Gasteiger partial charge in [0.1, 0.15) is 0 Å². The number of hydrogen-bond acceptors (Lipinski definition) is 2. The highest BCUT2D eigenvalue weighted by molar-refractivity contribution is 6.33. The zero-order valence-corrected chi connectivity index (χ0v) is 14.1. The number of halogens is 1. The number of nitrogens with zero attached hydrogens (tertiary/aromatic N) is 1. The van der Waals surface area contributed by atoms with Crippen molar-refractivity contribution in [1.82, 2.24) is 0 Å². The number of hydrogen-bond donors (Lipinski definition) is 1. The van der Waals surface area contributed by atoms with Gasteiger partial charge >= 0.3 is 0 Å². The smallest absolute Gasteiger partial charge is 0.0659 e. The molecule has 0 aliphatic carbocycles. The standard InChI is InChI=1S/C18H23ClN2/c1-12-6-7-13(2)16(10-12)14(3)20-15-8-9-18(21(4)5)17(19)11-15/h6-11,14,20H,1-5H3. The molecule has 21 heavy (non-hydrogen) atoms. The molecule has 2 nitrogen and oxygen atoms in total. The van der Waals surface area contributed by atoms with Crippen molar-refractivity contribution >= 4 is 23.0 Å². The van der Waals surface area contributed by atoms with E-state index in [4.69, 9.17) is 11.6 Å². The Balaban J connectivity index is 2.21. The zero-order valence-electron chi connectivity index (χ0n) is 13.4. The van der Waals surface area contributed by atoms with E-state index in [-0.39, 0.29) is 6.04 Å². The highest BCUT2D eigenvalue weighted by atomic mass is 35.5. The Bertz CT molecular complexity index is 635. The minimum Gasteiger partial charge on any atom is -0.378 e. The van der Waals surface area contributed by atoms with Crippen LogP contribution in [0.1, 0.15) is 29.7 Å². The molecule has 0 amide bonds. The summed E-state index contributed by atoms with van der Waals surface area (Å²) in [5, 5.41) is 4.29. The third-order valence-electron chi connectivity index (χ3n) is 3.71. The molecular weight excluding hydrogens is 280 g/mol. The molecule has 1 unspecified atom stereocenters. The van der Waals surface area contributed by atoms with Crippen LogP contribution in [0, 0.1) is 13.8 Å². The van der Waals surface area contributed by atoms with E-state index in [1.165, 1.54) is 16.7 Å². The first-order valence-corrected chi connectivity index (χ1v) is 7.57. The van der Waals surface area contributed by atoms with Crippen LogP contribution in [0.3, 0.4) is 0 Å². The average molecular weight is 303 g/mol. The molecule has 2 aromatic rings. The van der Waals surface area contributed by atoms with Crippen LogP contribution in [0.25, 0.3) is 0 Å². The van der Waals surface area contributed by atoms with E-state index >= 15 is 0 Å². The van der Waals surface area contributed by atoms with Gasteiger partial charge in [-0.2, -0.15) is 0 Å². The zero-order chi connectivity index (χ0) is 15.6. The molecule has 1 atom stereocenters. The quantitative estimate of drug-likeness (QED) is 0.835. The summed E-state index contributed by atoms with van der Waals surface area (Å²) < 4.78 is 0. The summed E-state index contributed by atoms with van der Waals surface area (Å²) in [4.78, 5) is 2.01. The van der Waals surface area contributed by atoms with E-state index in [1.807, 2.05) is 31.1 Å². The molecule has 0 saturated heterocycles. The summed E-state index contributed by atoms with van der Waals surface area (Å²) in [7, 11) is 3.99. The van der Waals surface area contributed by atoms with Gasteiger partial charge in [0.25, 0.3) is 0 Å². The van der Waals surface area contributed by atoms with Crippen LogP contribution in [0.4, 0.5) is 11.4 Å². The molecule has 3 heteroatoms. The van der Waals surface area contributed by atoms with Crippen molar-refractivity contribution in [3.63, 3.8) is 0 Å². The summed E-state index contributed by atoms with van der Waals surface area (Å²) in [5.74, 6) is 0. The Morgan fingerprint density at radius 1 is 1.05 bits per heavy atom. The van der Waals surface area contributed by atoms with Crippen LogP contribution >= 0.6 is 11.6 Å². The van der Waals surface area contributed by atoms with E-state index in [9.17, 15) is 0 Å². The molecule has 2 rings (SSSR count). The van der Waals surface area contributed by atoms with Crippen molar-refractivity contribution in [1.29, 1.82) is 0 Å². The topological polar surface area (TPSA) is 15.3 Å². The molecule has 0 fully saturated rings. The van der Waals surface area contributed by atoms with Gasteiger partial charge in [0, 0.05) is 25.8 Å². The molecule has 0 saturated carbocycles. The maximum atomic E-state index is 6.33. The maximum absolute atomic E-state index is 6.33. The fourth-order valence-electron chi connectivity index (χ4n) is 2.51. The van der Waals surface area contributed by atoms with Crippen molar-refractivity contribution in [2.75, 3.05) is 24.3 Å². The molecule has 0 radical (unpaired) electrons. The lowest BCUT2D eigenvalue weighted by Crippen LogP contribution is -2.11. The Kier molecular flexibility index (Phi) is 4.79. The summed E-state index contributed by atoms with van der Waals surface area (Å²) >= 11 is 6.33. The first kappa shape index (κ1) is 15.7. The van der Waals surface area contributed by atoms with Crippen molar-refractivity contribution in [3.8, 4) is 0 Å². The second-order valence-electron chi connectivity index (χ2n) is 5.79. The highest BCUT2D eigenvalue weighted by Gasteiger charge is 2.10. The summed E-state index contributed by atoms with van der Waals surface area (Å²) in [6.07, 6.45) is 0. The Morgan fingerprint density at radius 2 is 1.76 bits per heavy atom. The monoisotopic (exact) mass is 302 g/mol. The van der Waals surface area contributed by atoms with Crippen molar-refractivity contribution in [2.24, 2.45) is 0 Å². The predicted octanol–water partition coefficient (Wildman–Crippen LogP) is 5.20. The molecule has 0 bridgehead atoms. The Labute approximate surface area is 132 Å². The summed E-state index contributed by atoms with van der Waals surface area (Å²) in [5.41, 5.74) is 5.98. The lowest BCUT2D eigenvalue weighted by atomic mass is 10.00. The molecule has 2 aromatic carbocycles. The largest absolute Gasteiger partial charge is 0.378 e. The SMILES string of the molecule is Cc1ccc(C)c(C(C)Nc2ccc(N(C)C)c(Cl)c2)c1. The average Bonchev–Trinajstić information content (AvgIpc) is 2.41. The van der Waals surface area contributed by atoms with Gasteiger partial charge in [-0.25, -0.2) is 0 Å². The lowest BCUT2D eigenvalue weighted by molar-refractivity contribution is 0.872. The molecule has 0 aliphatic rings. The van der Waals surface area contributed by atoms with Crippen molar-refractivity contribution < 1.29 is 0 Å². The molecule has 112 valence electrons. The molecule has 1 N–H and O–H groups in total. The van der Waals surface area contributed by atoms with Crippen molar-refractivity contribution in [3.05, 3.63) is 58.1 Å². The van der Waals surface area contributed by atoms with E-state index in [0.717, 1.165) is 16.4 Å². The first-order valence-electron chi connectivity index (χ1n) is 7.19. The minimum absolute atomic E-state index is 0.242. The molecule has 0 aromatic heterocycles. The van der Waals surface area contributed by atoms with Crippen LogP contribution < -0.4 is 10.2 Å². The predicted molar refractivity (Wildman–Crippen MR) is 93.7 cm³/mol. The third kappa shape index (κ3) is 3.70. The van der Waals surface area contributed by atoms with Crippen LogP contribution in [0.5, 0.6) is 0 Å². The van der Waals surface area contributed by atoms with Gasteiger partial charge in [-0.05, 0) is 50.1 Å². The Hall–Kier alpha value is -1.67. The summed E-state index contributed by atoms with van der Waals surface area (Å²) in [6.45, 7) is 6.45. The number of nitrogens with one attached hydrogen (secondary N) is 1. The molecule has 0 spiro atoms. The van der Waals surface area contributed by atoms with E-state index in [0.29, 0.717) is 0 Å². The van der Waals surface area contributed by atoms with Gasteiger partial charge in [-0.15, -0.1) is 0 Å². The number of benzene rings is 2. The van der Waals surface area contributed by atoms with E-state index in [1.54, 1.807) is 0 Å². The minimum atomic E-state index is 0.242. The van der Waals surface area contributed by atoms with Gasteiger partial charge in [-0.1, -0.05) is 35.4 Å². The van der Waals surface area contributed by atoms with Gasteiger partial charge in [0.15, 0.2) is 0 Å². The van der Waals surface area contributed by atoms with E-state index < -0.39 is 0 Å². The fraction of sp³-hybridized carbons (Fsp3) is 0.333. The number of rotatable bonds is 4. The van der Waals surface area contributed by atoms with Crippen molar-refractivity contribution in [2.45, 2.75) is 26.8 Å². The van der Waals surface area contributed by atoms with Gasteiger partial charge in [0.2, 0.25) is 0 Å². The Morgan fingerprint density at radius 3 is 2.38 bits per heavy atom. The van der Waals surface area contributed by atoms with Crippen LogP contribution in [0.2, 0.25) is 5.02 Å². The van der Waals surface area contributed by atoms with Gasteiger partial charge < -0.3 is 10.2 Å². The summed E-state index contributed by atoms with van der Waals surface area (Å²) in [6, 6.07) is 12.9. The lowest BCUT2D eigenvalue weighted by Gasteiger charge is -2.20. The third-order valence-corrected chi connectivity index (χ3v) is 4.02. The number of aryl methyl sites for hydroxylation is 2. The maximum Gasteiger partial charge on any atom is 0.0659 e. The molecule has 0 aliphatic heterocycles. The molecule has 0 heterocycles. The fourth-order valence-corrected chi connectivity index (χ4v) is 2.86. The molecular formula is C18H23ClN2. The van der Waals surface area contributed by atoms with Crippen LogP contribution in [0.15, 0.2) is 36.4 Å². The van der Waals surface area contributed by atoms with Gasteiger partial charge in [-0.3, -0.25) is 0 Å². The highest BCUT2D eigenvalue weighted by Crippen LogP contribution is 2.30. The van der Waals surface area contributed by atoms with Gasteiger partial charge in [0.05, 0.1) is 10.7 Å². The van der Waals surface area contributed by atoms with Crippen LogP contribution in [-0.4, -0.2) is 14.1 Å². The van der Waals surface area contributed by atoms with Crippen LogP contribution in [-0.2, 0) is 0 Å². The second kappa shape index (κ2) is 6.40. The van der Waals surface area contributed by atoms with E-state index in [2.05, 4.69) is 50.4 Å². The normalized spacial score (nSPS) is 12.1.